The first kappa shape index (κ1) is 17.6. The van der Waals surface area contributed by atoms with Gasteiger partial charge in [-0.15, -0.1) is 0 Å². The summed E-state index contributed by atoms with van der Waals surface area (Å²) in [4.78, 5) is 15.6. The van der Waals surface area contributed by atoms with Gasteiger partial charge in [-0.3, -0.25) is 4.57 Å². The third-order valence-corrected chi connectivity index (χ3v) is 4.16. The van der Waals surface area contributed by atoms with Crippen molar-refractivity contribution in [3.8, 4) is 0 Å². The summed E-state index contributed by atoms with van der Waals surface area (Å²) in [6, 6.07) is 0.935. The van der Waals surface area contributed by atoms with Crippen LogP contribution in [-0.2, 0) is 23.9 Å². The molecule has 1 unspecified atom stereocenters. The van der Waals surface area contributed by atoms with Gasteiger partial charge in [-0.2, -0.15) is 18.3 Å². The highest BCUT2D eigenvalue weighted by Gasteiger charge is 2.37. The number of halogens is 4. The molecule has 2 aromatic heterocycles. The zero-order valence-electron chi connectivity index (χ0n) is 13.4. The molecular formula is C15H16F4N4O2. The maximum Gasteiger partial charge on any atom is 0.436 e. The summed E-state index contributed by atoms with van der Waals surface area (Å²) < 4.78 is 60.0. The summed E-state index contributed by atoms with van der Waals surface area (Å²) in [5.74, 6) is -0.954. The van der Waals surface area contributed by atoms with Gasteiger partial charge in [0.1, 0.15) is 5.82 Å². The van der Waals surface area contributed by atoms with Gasteiger partial charge in [-0.1, -0.05) is 0 Å². The summed E-state index contributed by atoms with van der Waals surface area (Å²) in [7, 11) is 1.52. The van der Waals surface area contributed by atoms with Gasteiger partial charge in [-0.25, -0.2) is 18.9 Å². The molecule has 0 bridgehead atoms. The zero-order valence-corrected chi connectivity index (χ0v) is 13.4. The first-order chi connectivity index (χ1) is 11.8. The van der Waals surface area contributed by atoms with E-state index in [0.717, 1.165) is 29.8 Å². The van der Waals surface area contributed by atoms with Gasteiger partial charge in [0.15, 0.2) is 11.5 Å². The topological polar surface area (TPSA) is 61.9 Å². The number of pyridine rings is 1. The van der Waals surface area contributed by atoms with Crippen LogP contribution in [0.1, 0.15) is 36.0 Å². The molecule has 25 heavy (non-hydrogen) atoms. The number of methoxy groups -OCH3 is 1. The van der Waals surface area contributed by atoms with Crippen molar-refractivity contribution < 1.29 is 22.3 Å². The molecule has 1 aliphatic rings. The second-order valence-corrected chi connectivity index (χ2v) is 5.86. The molecule has 0 N–H and O–H groups in total. The standard InChI is InChI=1S/C15H16F4N4O2/c1-25-8-10-3-2-4-11-21-22(14(24)23(10)11)7-9-5-6-20-13(12(9)16)15(17,18)19/h5-6,10H,2-4,7-8H2,1H3. The van der Waals surface area contributed by atoms with Crippen LogP contribution < -0.4 is 5.69 Å². The minimum Gasteiger partial charge on any atom is -0.383 e. The van der Waals surface area contributed by atoms with Crippen LogP contribution in [0.5, 0.6) is 0 Å². The van der Waals surface area contributed by atoms with E-state index in [1.807, 2.05) is 0 Å². The van der Waals surface area contributed by atoms with Crippen molar-refractivity contribution in [3.63, 3.8) is 0 Å². The van der Waals surface area contributed by atoms with Crippen molar-refractivity contribution in [2.75, 3.05) is 13.7 Å². The molecule has 3 rings (SSSR count). The van der Waals surface area contributed by atoms with Gasteiger partial charge in [0.05, 0.1) is 19.2 Å². The molecule has 2 aromatic rings. The number of alkyl halides is 3. The van der Waals surface area contributed by atoms with Gasteiger partial charge in [0.25, 0.3) is 0 Å². The molecule has 0 saturated carbocycles. The van der Waals surface area contributed by atoms with Gasteiger partial charge in [0, 0.05) is 25.3 Å². The molecule has 0 radical (unpaired) electrons. The second-order valence-electron chi connectivity index (χ2n) is 5.86. The number of aromatic nitrogens is 4. The normalized spacial score (nSPS) is 17.6. The predicted octanol–water partition coefficient (Wildman–Crippen LogP) is 2.17. The van der Waals surface area contributed by atoms with E-state index < -0.39 is 29.9 Å². The molecule has 6 nitrogen and oxygen atoms in total. The lowest BCUT2D eigenvalue weighted by Crippen LogP contribution is -2.33. The Bertz CT molecular complexity index is 828. The van der Waals surface area contributed by atoms with E-state index in [-0.39, 0.29) is 11.6 Å². The molecule has 0 aromatic carbocycles. The number of aryl methyl sites for hydroxylation is 1. The lowest BCUT2D eigenvalue weighted by atomic mass is 10.1. The number of rotatable bonds is 4. The van der Waals surface area contributed by atoms with Gasteiger partial charge in [0.2, 0.25) is 0 Å². The van der Waals surface area contributed by atoms with E-state index in [4.69, 9.17) is 4.74 Å². The van der Waals surface area contributed by atoms with Crippen LogP contribution in [-0.4, -0.2) is 33.0 Å². The number of hydrogen-bond acceptors (Lipinski definition) is 4. The Morgan fingerprint density at radius 1 is 1.40 bits per heavy atom. The van der Waals surface area contributed by atoms with Gasteiger partial charge in [-0.05, 0) is 18.9 Å². The van der Waals surface area contributed by atoms with Gasteiger partial charge >= 0.3 is 11.9 Å². The van der Waals surface area contributed by atoms with Crippen LogP contribution in [0.15, 0.2) is 17.1 Å². The third-order valence-electron chi connectivity index (χ3n) is 4.16. The smallest absolute Gasteiger partial charge is 0.383 e. The van der Waals surface area contributed by atoms with Crippen molar-refractivity contribution >= 4 is 0 Å². The molecule has 0 amide bonds. The zero-order chi connectivity index (χ0) is 18.2. The first-order valence-corrected chi connectivity index (χ1v) is 7.70. The Morgan fingerprint density at radius 3 is 2.84 bits per heavy atom. The predicted molar refractivity (Wildman–Crippen MR) is 78.6 cm³/mol. The SMILES string of the molecule is COCC1CCCc2nn(Cc3ccnc(C(F)(F)F)c3F)c(=O)n21. The molecule has 0 aliphatic carbocycles. The lowest BCUT2D eigenvalue weighted by Gasteiger charge is -2.22. The second kappa shape index (κ2) is 6.58. The van der Waals surface area contributed by atoms with Crippen LogP contribution in [0.3, 0.4) is 0 Å². The van der Waals surface area contributed by atoms with Crippen LogP contribution in [0, 0.1) is 5.82 Å². The van der Waals surface area contributed by atoms with E-state index >= 15 is 0 Å². The van der Waals surface area contributed by atoms with E-state index in [2.05, 4.69) is 10.1 Å². The Labute approximate surface area is 140 Å². The Morgan fingerprint density at radius 2 is 2.16 bits per heavy atom. The van der Waals surface area contributed by atoms with Crippen LogP contribution in [0.4, 0.5) is 17.6 Å². The van der Waals surface area contributed by atoms with Crippen LogP contribution in [0.25, 0.3) is 0 Å². The van der Waals surface area contributed by atoms with E-state index in [1.165, 1.54) is 11.7 Å². The maximum atomic E-state index is 14.1. The maximum absolute atomic E-state index is 14.1. The van der Waals surface area contributed by atoms with Crippen molar-refractivity contribution in [1.82, 2.24) is 19.3 Å². The van der Waals surface area contributed by atoms with Crippen molar-refractivity contribution in [2.45, 2.75) is 38.0 Å². The monoisotopic (exact) mass is 360 g/mol. The third kappa shape index (κ3) is 3.30. The Balaban J connectivity index is 1.97. The van der Waals surface area contributed by atoms with Gasteiger partial charge < -0.3 is 4.74 Å². The lowest BCUT2D eigenvalue weighted by molar-refractivity contribution is -0.143. The molecule has 1 atom stereocenters. The number of ether oxygens (including phenoxy) is 1. The molecular weight excluding hydrogens is 344 g/mol. The van der Waals surface area contributed by atoms with E-state index in [0.29, 0.717) is 18.9 Å². The Kier molecular flexibility index (Phi) is 4.63. The molecule has 0 spiro atoms. The number of hydrogen-bond donors (Lipinski definition) is 0. The number of fused-ring (bicyclic) bond motifs is 1. The minimum absolute atomic E-state index is 0.178. The van der Waals surface area contributed by atoms with E-state index in [1.54, 1.807) is 0 Å². The van der Waals surface area contributed by atoms with Crippen LogP contribution >= 0.6 is 0 Å². The van der Waals surface area contributed by atoms with Crippen molar-refractivity contribution in [1.29, 1.82) is 0 Å². The fourth-order valence-electron chi connectivity index (χ4n) is 3.05. The van der Waals surface area contributed by atoms with Crippen molar-refractivity contribution in [2.24, 2.45) is 0 Å². The first-order valence-electron chi connectivity index (χ1n) is 7.70. The number of nitrogens with zero attached hydrogens (tertiary/aromatic N) is 4. The molecule has 1 aliphatic heterocycles. The highest BCUT2D eigenvalue weighted by Crippen LogP contribution is 2.30. The fourth-order valence-corrected chi connectivity index (χ4v) is 3.05. The van der Waals surface area contributed by atoms with Crippen LogP contribution in [0.2, 0.25) is 0 Å². The summed E-state index contributed by atoms with van der Waals surface area (Å²) in [6.07, 6.45) is -1.88. The molecule has 10 heteroatoms. The summed E-state index contributed by atoms with van der Waals surface area (Å²) in [5.41, 5.74) is -2.37. The Hall–Kier alpha value is -2.23. The molecule has 0 fully saturated rings. The highest BCUT2D eigenvalue weighted by atomic mass is 19.4. The summed E-state index contributed by atoms with van der Waals surface area (Å²) in [6.45, 7) is -0.0591. The molecule has 0 saturated heterocycles. The summed E-state index contributed by atoms with van der Waals surface area (Å²) >= 11 is 0. The minimum atomic E-state index is -4.90. The molecule has 136 valence electrons. The average molecular weight is 360 g/mol. The largest absolute Gasteiger partial charge is 0.436 e. The van der Waals surface area contributed by atoms with E-state index in [9.17, 15) is 22.4 Å². The highest BCUT2D eigenvalue weighted by molar-refractivity contribution is 5.21. The summed E-state index contributed by atoms with van der Waals surface area (Å²) in [5, 5.41) is 4.15. The average Bonchev–Trinajstić information content (AvgIpc) is 2.86. The fraction of sp³-hybridized carbons (Fsp3) is 0.533. The quantitative estimate of drug-likeness (QED) is 0.784. The molecule has 3 heterocycles. The van der Waals surface area contributed by atoms with Crippen molar-refractivity contribution in [3.05, 3.63) is 45.6 Å².